The van der Waals surface area contributed by atoms with Gasteiger partial charge in [0.25, 0.3) is 5.91 Å². The Kier molecular flexibility index (Phi) is 6.31. The van der Waals surface area contributed by atoms with Gasteiger partial charge in [-0.1, -0.05) is 6.92 Å². The summed E-state index contributed by atoms with van der Waals surface area (Å²) < 4.78 is 1.70. The molecule has 2 N–H and O–H groups in total. The van der Waals surface area contributed by atoms with Gasteiger partial charge in [-0.2, -0.15) is 5.10 Å². The zero-order chi connectivity index (χ0) is 13.0. The van der Waals surface area contributed by atoms with Crippen molar-refractivity contribution in [3.8, 4) is 0 Å². The summed E-state index contributed by atoms with van der Waals surface area (Å²) in [5.41, 5.74) is 1.58. The second-order valence-electron chi connectivity index (χ2n) is 4.85. The highest BCUT2D eigenvalue weighted by molar-refractivity contribution is 5.95. The first-order valence-electron chi connectivity index (χ1n) is 6.74. The molecule has 0 aromatic carbocycles. The molecule has 1 aliphatic heterocycles. The van der Waals surface area contributed by atoms with Gasteiger partial charge in [0.1, 0.15) is 0 Å². The number of aromatic nitrogens is 2. The Labute approximate surface area is 120 Å². The van der Waals surface area contributed by atoms with Crippen LogP contribution in [-0.2, 0) is 13.5 Å². The summed E-state index contributed by atoms with van der Waals surface area (Å²) in [7, 11) is 1.85. The fraction of sp³-hybridized carbons (Fsp3) is 0.692. The minimum absolute atomic E-state index is 0. The topological polar surface area (TPSA) is 59.0 Å². The van der Waals surface area contributed by atoms with Gasteiger partial charge in [-0.25, -0.2) is 0 Å². The highest BCUT2D eigenvalue weighted by Crippen LogP contribution is 2.09. The van der Waals surface area contributed by atoms with E-state index in [4.69, 9.17) is 0 Å². The Hall–Kier alpha value is -1.07. The lowest BCUT2D eigenvalue weighted by molar-refractivity contribution is 0.0951. The van der Waals surface area contributed by atoms with E-state index in [0.29, 0.717) is 11.6 Å². The van der Waals surface area contributed by atoms with E-state index in [0.717, 1.165) is 31.6 Å². The first-order valence-corrected chi connectivity index (χ1v) is 6.74. The second-order valence-corrected chi connectivity index (χ2v) is 4.85. The highest BCUT2D eigenvalue weighted by Gasteiger charge is 2.16. The van der Waals surface area contributed by atoms with Crippen LogP contribution in [0.2, 0.25) is 0 Å². The largest absolute Gasteiger partial charge is 0.352 e. The minimum Gasteiger partial charge on any atom is -0.352 e. The molecule has 0 saturated carbocycles. The monoisotopic (exact) mass is 286 g/mol. The Morgan fingerprint density at radius 2 is 2.42 bits per heavy atom. The van der Waals surface area contributed by atoms with E-state index >= 15 is 0 Å². The van der Waals surface area contributed by atoms with E-state index in [-0.39, 0.29) is 18.3 Å². The highest BCUT2D eigenvalue weighted by atomic mass is 35.5. The number of hydrogen-bond acceptors (Lipinski definition) is 3. The fourth-order valence-electron chi connectivity index (χ4n) is 2.44. The molecule has 1 fully saturated rings. The number of halogens is 1. The van der Waals surface area contributed by atoms with Crippen LogP contribution in [0.15, 0.2) is 6.20 Å². The molecule has 1 atom stereocenters. The van der Waals surface area contributed by atoms with Gasteiger partial charge in [0.05, 0.1) is 11.3 Å². The molecule has 1 aliphatic rings. The van der Waals surface area contributed by atoms with Gasteiger partial charge >= 0.3 is 0 Å². The average Bonchev–Trinajstić information content (AvgIpc) is 2.98. The molecule has 19 heavy (non-hydrogen) atoms. The van der Waals surface area contributed by atoms with Crippen LogP contribution in [0.4, 0.5) is 0 Å². The summed E-state index contributed by atoms with van der Waals surface area (Å²) in [6, 6.07) is 0.574. The van der Waals surface area contributed by atoms with Gasteiger partial charge in [0.2, 0.25) is 0 Å². The molecule has 0 radical (unpaired) electrons. The molecule has 1 aromatic heterocycles. The fourth-order valence-corrected chi connectivity index (χ4v) is 2.44. The van der Waals surface area contributed by atoms with Crippen molar-refractivity contribution >= 4 is 18.3 Å². The Balaban J connectivity index is 0.00000180. The van der Waals surface area contributed by atoms with Crippen LogP contribution in [0.3, 0.4) is 0 Å². The van der Waals surface area contributed by atoms with Gasteiger partial charge in [-0.3, -0.25) is 9.48 Å². The van der Waals surface area contributed by atoms with Gasteiger partial charge in [-0.05, 0) is 32.2 Å². The van der Waals surface area contributed by atoms with Crippen LogP contribution >= 0.6 is 12.4 Å². The van der Waals surface area contributed by atoms with E-state index in [9.17, 15) is 4.79 Å². The van der Waals surface area contributed by atoms with Crippen LogP contribution in [-0.4, -0.2) is 34.8 Å². The third-order valence-corrected chi connectivity index (χ3v) is 3.43. The molecule has 2 heterocycles. The molecule has 6 heteroatoms. The molecular weight excluding hydrogens is 264 g/mol. The molecule has 108 valence electrons. The maximum absolute atomic E-state index is 12.0. The lowest BCUT2D eigenvalue weighted by atomic mass is 10.1. The summed E-state index contributed by atoms with van der Waals surface area (Å²) in [6.07, 6.45) is 6.06. The summed E-state index contributed by atoms with van der Waals surface area (Å²) in [5, 5.41) is 10.7. The summed E-state index contributed by atoms with van der Waals surface area (Å²) in [5.74, 6) is -0.00190. The molecule has 1 saturated heterocycles. The molecule has 2 rings (SSSR count). The molecule has 0 unspecified atom stereocenters. The van der Waals surface area contributed by atoms with E-state index in [1.54, 1.807) is 10.9 Å². The van der Waals surface area contributed by atoms with E-state index in [2.05, 4.69) is 15.7 Å². The molecule has 1 aromatic rings. The number of nitrogens with one attached hydrogen (secondary N) is 2. The molecular formula is C13H23ClN4O. The first-order chi connectivity index (χ1) is 8.70. The van der Waals surface area contributed by atoms with Crippen molar-refractivity contribution < 1.29 is 4.79 Å². The zero-order valence-electron chi connectivity index (χ0n) is 11.6. The Morgan fingerprint density at radius 3 is 3.05 bits per heavy atom. The Morgan fingerprint density at radius 1 is 1.63 bits per heavy atom. The summed E-state index contributed by atoms with van der Waals surface area (Å²) in [4.78, 5) is 12.0. The predicted octanol–water partition coefficient (Wildman–Crippen LogP) is 1.28. The lowest BCUT2D eigenvalue weighted by Gasteiger charge is -2.10. The van der Waals surface area contributed by atoms with Crippen molar-refractivity contribution in [2.75, 3.05) is 13.1 Å². The number of hydrogen-bond donors (Lipinski definition) is 2. The van der Waals surface area contributed by atoms with Crippen molar-refractivity contribution in [1.29, 1.82) is 0 Å². The average molecular weight is 287 g/mol. The van der Waals surface area contributed by atoms with Crippen LogP contribution in [0, 0.1) is 0 Å². The number of carbonyl (C=O) groups excluding carboxylic acids is 1. The van der Waals surface area contributed by atoms with Gasteiger partial charge in [0.15, 0.2) is 0 Å². The SMILES string of the molecule is CCc1nn(C)cc1C(=O)NCC[C@H]1CCCN1.Cl. The predicted molar refractivity (Wildman–Crippen MR) is 77.8 cm³/mol. The van der Waals surface area contributed by atoms with Crippen LogP contribution in [0.1, 0.15) is 42.2 Å². The van der Waals surface area contributed by atoms with Crippen molar-refractivity contribution in [3.05, 3.63) is 17.5 Å². The normalized spacial score (nSPS) is 18.1. The smallest absolute Gasteiger partial charge is 0.254 e. The van der Waals surface area contributed by atoms with Crippen LogP contribution in [0.25, 0.3) is 0 Å². The van der Waals surface area contributed by atoms with Gasteiger partial charge in [0, 0.05) is 25.8 Å². The number of carbonyl (C=O) groups is 1. The van der Waals surface area contributed by atoms with Crippen molar-refractivity contribution in [2.45, 2.75) is 38.6 Å². The molecule has 5 nitrogen and oxygen atoms in total. The van der Waals surface area contributed by atoms with Gasteiger partial charge in [-0.15, -0.1) is 12.4 Å². The number of rotatable bonds is 5. The third-order valence-electron chi connectivity index (χ3n) is 3.43. The standard InChI is InChI=1S/C13H22N4O.ClH/c1-3-12-11(9-17(2)16-12)13(18)15-8-6-10-5-4-7-14-10;/h9-10,14H,3-8H2,1-2H3,(H,15,18);1H/t10-;/m1./s1. The maximum atomic E-state index is 12.0. The van der Waals surface area contributed by atoms with Crippen LogP contribution < -0.4 is 10.6 Å². The lowest BCUT2D eigenvalue weighted by Crippen LogP contribution is -2.30. The van der Waals surface area contributed by atoms with E-state index < -0.39 is 0 Å². The molecule has 0 aliphatic carbocycles. The second kappa shape index (κ2) is 7.50. The summed E-state index contributed by atoms with van der Waals surface area (Å²) >= 11 is 0. The molecule has 1 amide bonds. The number of amides is 1. The zero-order valence-corrected chi connectivity index (χ0v) is 12.4. The Bertz CT molecular complexity index is 413. The van der Waals surface area contributed by atoms with Crippen molar-refractivity contribution in [2.24, 2.45) is 7.05 Å². The maximum Gasteiger partial charge on any atom is 0.254 e. The number of nitrogens with zero attached hydrogens (tertiary/aromatic N) is 2. The van der Waals surface area contributed by atoms with E-state index in [1.165, 1.54) is 12.8 Å². The molecule has 0 bridgehead atoms. The third kappa shape index (κ3) is 4.21. The first kappa shape index (κ1) is 16.0. The van der Waals surface area contributed by atoms with E-state index in [1.807, 2.05) is 14.0 Å². The van der Waals surface area contributed by atoms with Crippen LogP contribution in [0.5, 0.6) is 0 Å². The van der Waals surface area contributed by atoms with Crippen molar-refractivity contribution in [1.82, 2.24) is 20.4 Å². The minimum atomic E-state index is -0.00190. The summed E-state index contributed by atoms with van der Waals surface area (Å²) in [6.45, 7) is 3.86. The number of aryl methyl sites for hydroxylation is 2. The van der Waals surface area contributed by atoms with Gasteiger partial charge < -0.3 is 10.6 Å². The molecule has 0 spiro atoms. The quantitative estimate of drug-likeness (QED) is 0.857. The van der Waals surface area contributed by atoms with Crippen molar-refractivity contribution in [3.63, 3.8) is 0 Å².